The average molecular weight is 442 g/mol. The van der Waals surface area contributed by atoms with Crippen LogP contribution in [0.3, 0.4) is 0 Å². The minimum Gasteiger partial charge on any atom is -0.475 e. The van der Waals surface area contributed by atoms with Gasteiger partial charge in [-0.2, -0.15) is 0 Å². The fraction of sp³-hybridized carbons (Fsp3) is 0.700. The van der Waals surface area contributed by atoms with Crippen LogP contribution in [0.15, 0.2) is 22.3 Å². The largest absolute Gasteiger partial charge is 0.475 e. The number of likely N-dealkylation sites (N-methyl/N-ethyl adjacent to an activating group) is 1. The third-order valence-corrected chi connectivity index (χ3v) is 6.06. The molecule has 3 aliphatic rings. The first-order valence-corrected chi connectivity index (χ1v) is 10.6. The number of aliphatic imine (C=N–C) groups is 2. The van der Waals surface area contributed by atoms with Crippen LogP contribution in [0.5, 0.6) is 0 Å². The van der Waals surface area contributed by atoms with Gasteiger partial charge in [0.15, 0.2) is 5.84 Å². The maximum atomic E-state index is 13.4. The Morgan fingerprint density at radius 3 is 2.50 bits per heavy atom. The molecule has 166 valence electrons. The molecule has 3 fully saturated rings. The molecule has 3 rings (SSSR count). The van der Waals surface area contributed by atoms with Gasteiger partial charge in [0, 0.05) is 27.7 Å². The highest BCUT2D eigenvalue weighted by molar-refractivity contribution is 7.80. The number of hydrogen-bond acceptors (Lipinski definition) is 5. The van der Waals surface area contributed by atoms with E-state index in [0.29, 0.717) is 24.1 Å². The smallest absolute Gasteiger partial charge is 0.282 e. The predicted octanol–water partition coefficient (Wildman–Crippen LogP) is 2.18. The highest BCUT2D eigenvalue weighted by Gasteiger charge is 2.46. The second-order valence-electron chi connectivity index (χ2n) is 8.27. The van der Waals surface area contributed by atoms with Gasteiger partial charge in [-0.15, -0.1) is 0 Å². The fourth-order valence-electron chi connectivity index (χ4n) is 3.56. The molecule has 1 saturated carbocycles. The van der Waals surface area contributed by atoms with E-state index in [4.69, 9.17) is 17.0 Å². The van der Waals surface area contributed by atoms with E-state index in [-0.39, 0.29) is 29.4 Å². The van der Waals surface area contributed by atoms with E-state index in [1.807, 2.05) is 19.0 Å². The van der Waals surface area contributed by atoms with Gasteiger partial charge >= 0.3 is 0 Å². The van der Waals surface area contributed by atoms with Gasteiger partial charge in [-0.1, -0.05) is 18.8 Å². The number of thiocarbonyl (C=S) groups is 1. The van der Waals surface area contributed by atoms with E-state index in [9.17, 15) is 13.6 Å². The maximum Gasteiger partial charge on any atom is 0.282 e. The molecule has 0 aromatic carbocycles. The minimum atomic E-state index is -2.75. The molecule has 1 amide bonds. The summed E-state index contributed by atoms with van der Waals surface area (Å²) in [5.41, 5.74) is -0.0114. The number of halogens is 2. The lowest BCUT2D eigenvalue weighted by Gasteiger charge is -2.40. The molecule has 30 heavy (non-hydrogen) atoms. The normalized spacial score (nSPS) is 23.8. The SMILES string of the molecule is C=C(N=C(OCC1CC1)C(=NC)N1CC(F)(F)C1)C(=O)N1CCCC1C(=S)N(C)C. The van der Waals surface area contributed by atoms with Gasteiger partial charge < -0.3 is 19.4 Å². The number of amidine groups is 1. The monoisotopic (exact) mass is 441 g/mol. The van der Waals surface area contributed by atoms with Gasteiger partial charge in [0.1, 0.15) is 10.7 Å². The van der Waals surface area contributed by atoms with Crippen LogP contribution in [0, 0.1) is 5.92 Å². The first kappa shape index (κ1) is 22.6. The van der Waals surface area contributed by atoms with E-state index in [1.54, 1.807) is 4.90 Å². The molecule has 0 bridgehead atoms. The van der Waals surface area contributed by atoms with Crippen LogP contribution < -0.4 is 0 Å². The van der Waals surface area contributed by atoms with Crippen LogP contribution in [-0.2, 0) is 9.53 Å². The number of carbonyl (C=O) groups is 1. The van der Waals surface area contributed by atoms with Crippen molar-refractivity contribution in [3.05, 3.63) is 12.3 Å². The van der Waals surface area contributed by atoms with E-state index in [0.717, 1.165) is 25.7 Å². The predicted molar refractivity (Wildman–Crippen MR) is 116 cm³/mol. The van der Waals surface area contributed by atoms with Gasteiger partial charge in [0.25, 0.3) is 17.7 Å². The Labute approximate surface area is 181 Å². The molecule has 7 nitrogen and oxygen atoms in total. The molecule has 1 unspecified atom stereocenters. The Kier molecular flexibility index (Phi) is 6.74. The number of nitrogens with zero attached hydrogens (tertiary/aromatic N) is 5. The van der Waals surface area contributed by atoms with Crippen molar-refractivity contribution in [1.82, 2.24) is 14.7 Å². The van der Waals surface area contributed by atoms with E-state index < -0.39 is 19.0 Å². The summed E-state index contributed by atoms with van der Waals surface area (Å²) in [5, 5.41) is 0. The molecule has 0 spiro atoms. The van der Waals surface area contributed by atoms with Crippen LogP contribution in [0.25, 0.3) is 0 Å². The standard InChI is InChI=1S/C20H29F2N5O2S/c1-13(18(28)27-9-5-6-15(27)19(30)25(3)4)24-17(29-10-14-7-8-14)16(23-2)26-11-20(21,22)12-26/h14-15H,1,5-12H2,2-4H3. The zero-order valence-electron chi connectivity index (χ0n) is 17.7. The molecule has 0 aromatic heterocycles. The molecule has 0 radical (unpaired) electrons. The summed E-state index contributed by atoms with van der Waals surface area (Å²) in [4.78, 5) is 27.1. The number of alkyl halides is 2. The second kappa shape index (κ2) is 8.95. The summed E-state index contributed by atoms with van der Waals surface area (Å²) >= 11 is 5.47. The molecule has 10 heteroatoms. The van der Waals surface area contributed by atoms with Gasteiger partial charge in [-0.05, 0) is 31.6 Å². The van der Waals surface area contributed by atoms with E-state index in [2.05, 4.69) is 16.6 Å². The lowest BCUT2D eigenvalue weighted by molar-refractivity contribution is -0.127. The average Bonchev–Trinajstić information content (AvgIpc) is 3.37. The van der Waals surface area contributed by atoms with Crippen LogP contribution in [-0.4, -0.2) is 96.7 Å². The van der Waals surface area contributed by atoms with Crippen molar-refractivity contribution < 1.29 is 18.3 Å². The minimum absolute atomic E-state index is 0.0114. The summed E-state index contributed by atoms with van der Waals surface area (Å²) in [5.74, 6) is -2.37. The summed E-state index contributed by atoms with van der Waals surface area (Å²) in [6.07, 6.45) is 3.75. The zero-order chi connectivity index (χ0) is 22.1. The van der Waals surface area contributed by atoms with Gasteiger partial charge in [0.05, 0.1) is 25.7 Å². The van der Waals surface area contributed by atoms with Gasteiger partial charge in [-0.3, -0.25) is 9.79 Å². The molecule has 1 atom stereocenters. The van der Waals surface area contributed by atoms with Crippen molar-refractivity contribution in [2.75, 3.05) is 47.4 Å². The highest BCUT2D eigenvalue weighted by atomic mass is 32.1. The summed E-state index contributed by atoms with van der Waals surface area (Å²) in [6.45, 7) is 3.92. The maximum absolute atomic E-state index is 13.4. The molecular weight excluding hydrogens is 412 g/mol. The fourth-order valence-corrected chi connectivity index (χ4v) is 3.81. The quantitative estimate of drug-likeness (QED) is 0.283. The van der Waals surface area contributed by atoms with Crippen LogP contribution in [0.2, 0.25) is 0 Å². The zero-order valence-corrected chi connectivity index (χ0v) is 18.6. The van der Waals surface area contributed by atoms with Crippen LogP contribution >= 0.6 is 12.2 Å². The molecular formula is C20H29F2N5O2S. The Morgan fingerprint density at radius 1 is 1.30 bits per heavy atom. The number of rotatable bonds is 5. The topological polar surface area (TPSA) is 60.7 Å². The molecule has 2 saturated heterocycles. The molecule has 0 aromatic rings. The Hall–Kier alpha value is -2.10. The summed E-state index contributed by atoms with van der Waals surface area (Å²) in [7, 11) is 5.21. The highest BCUT2D eigenvalue weighted by Crippen LogP contribution is 2.30. The van der Waals surface area contributed by atoms with Crippen molar-refractivity contribution in [2.24, 2.45) is 15.9 Å². The molecule has 2 aliphatic heterocycles. The van der Waals surface area contributed by atoms with Gasteiger partial charge in [0.2, 0.25) is 0 Å². The van der Waals surface area contributed by atoms with E-state index >= 15 is 0 Å². The van der Waals surface area contributed by atoms with Crippen molar-refractivity contribution in [3.63, 3.8) is 0 Å². The molecule has 2 heterocycles. The van der Waals surface area contributed by atoms with E-state index in [1.165, 1.54) is 11.9 Å². The number of amides is 1. The van der Waals surface area contributed by atoms with Crippen molar-refractivity contribution >= 4 is 34.8 Å². The summed E-state index contributed by atoms with van der Waals surface area (Å²) in [6, 6.07) is -0.182. The number of carbonyl (C=O) groups excluding carboxylic acids is 1. The van der Waals surface area contributed by atoms with Crippen LogP contribution in [0.1, 0.15) is 25.7 Å². The number of likely N-dealkylation sites (tertiary alicyclic amines) is 2. The Balaban J connectivity index is 1.76. The first-order valence-electron chi connectivity index (χ1n) is 10.2. The van der Waals surface area contributed by atoms with Gasteiger partial charge in [-0.25, -0.2) is 13.8 Å². The first-order chi connectivity index (χ1) is 14.1. The van der Waals surface area contributed by atoms with Crippen LogP contribution in [0.4, 0.5) is 8.78 Å². The number of ether oxygens (including phenoxy) is 1. The Morgan fingerprint density at radius 2 is 1.97 bits per heavy atom. The third kappa shape index (κ3) is 5.14. The third-order valence-electron chi connectivity index (χ3n) is 5.42. The number of hydrogen-bond donors (Lipinski definition) is 0. The Bertz CT molecular complexity index is 771. The lowest BCUT2D eigenvalue weighted by atomic mass is 10.1. The molecule has 0 N–H and O–H groups in total. The lowest BCUT2D eigenvalue weighted by Crippen LogP contribution is -2.60. The second-order valence-corrected chi connectivity index (χ2v) is 8.68. The molecule has 1 aliphatic carbocycles. The van der Waals surface area contributed by atoms with Crippen molar-refractivity contribution in [2.45, 2.75) is 37.6 Å². The summed E-state index contributed by atoms with van der Waals surface area (Å²) < 4.78 is 32.6. The van der Waals surface area contributed by atoms with Crippen molar-refractivity contribution in [3.8, 4) is 0 Å². The van der Waals surface area contributed by atoms with Crippen molar-refractivity contribution in [1.29, 1.82) is 0 Å².